The van der Waals surface area contributed by atoms with Crippen LogP contribution in [0.5, 0.6) is 5.75 Å². The third-order valence-electron chi connectivity index (χ3n) is 5.38. The van der Waals surface area contributed by atoms with E-state index in [4.69, 9.17) is 4.74 Å². The highest BCUT2D eigenvalue weighted by Gasteiger charge is 2.34. The third-order valence-corrected chi connectivity index (χ3v) is 5.38. The molecule has 7 heteroatoms. The number of carbonyl (C=O) groups is 3. The molecule has 6 nitrogen and oxygen atoms in total. The summed E-state index contributed by atoms with van der Waals surface area (Å²) in [6.07, 6.45) is 0.0791. The van der Waals surface area contributed by atoms with Crippen LogP contribution in [-0.2, 0) is 17.8 Å². The van der Waals surface area contributed by atoms with Crippen LogP contribution in [0.3, 0.4) is 0 Å². The van der Waals surface area contributed by atoms with E-state index in [1.165, 1.54) is 24.3 Å². The largest absolute Gasteiger partial charge is 0.497 e. The lowest BCUT2D eigenvalue weighted by atomic mass is 9.86. The van der Waals surface area contributed by atoms with Crippen molar-refractivity contribution in [1.29, 1.82) is 0 Å². The molecule has 1 heterocycles. The number of nitrogens with one attached hydrogen (secondary N) is 2. The second-order valence-corrected chi connectivity index (χ2v) is 7.53. The topological polar surface area (TPSA) is 84.5 Å². The van der Waals surface area contributed by atoms with Gasteiger partial charge in [0.25, 0.3) is 5.91 Å². The molecule has 1 atom stereocenters. The van der Waals surface area contributed by atoms with Crippen LogP contribution in [0.4, 0.5) is 10.1 Å². The predicted octanol–water partition coefficient (Wildman–Crippen LogP) is 3.76. The standard InChI is InChI=1S/C25H21FN2O4/c1-32-19-8-5-15(6-9-19)14-27-24(30)17-7-10-22-20(13-17)23(29)21(25(31)28-22)12-16-3-2-4-18(26)11-16/h2-11,13,21H,12,14H2,1H3,(H,27,30)(H,28,31). The number of rotatable bonds is 6. The fourth-order valence-electron chi connectivity index (χ4n) is 3.64. The first-order valence-electron chi connectivity index (χ1n) is 10.1. The quantitative estimate of drug-likeness (QED) is 0.581. The summed E-state index contributed by atoms with van der Waals surface area (Å²) in [5.41, 5.74) is 2.39. The number of hydrogen-bond donors (Lipinski definition) is 2. The van der Waals surface area contributed by atoms with Gasteiger partial charge in [-0.15, -0.1) is 0 Å². The average molecular weight is 432 g/mol. The number of hydrogen-bond acceptors (Lipinski definition) is 4. The summed E-state index contributed by atoms with van der Waals surface area (Å²) in [7, 11) is 1.58. The van der Waals surface area contributed by atoms with Crippen molar-refractivity contribution < 1.29 is 23.5 Å². The lowest BCUT2D eigenvalue weighted by Crippen LogP contribution is -2.37. The van der Waals surface area contributed by atoms with Gasteiger partial charge in [0.15, 0.2) is 5.78 Å². The minimum atomic E-state index is -0.984. The molecule has 162 valence electrons. The molecule has 3 aromatic carbocycles. The Hall–Kier alpha value is -4.00. The van der Waals surface area contributed by atoms with Crippen molar-refractivity contribution in [3.8, 4) is 5.75 Å². The van der Waals surface area contributed by atoms with Gasteiger partial charge in [0.2, 0.25) is 5.91 Å². The van der Waals surface area contributed by atoms with E-state index in [1.807, 2.05) is 12.1 Å². The monoisotopic (exact) mass is 432 g/mol. The fraction of sp³-hybridized carbons (Fsp3) is 0.160. The smallest absolute Gasteiger partial charge is 0.251 e. The number of Topliss-reactive ketones (excluding diaryl/α,β-unsaturated/α-hetero) is 1. The van der Waals surface area contributed by atoms with E-state index < -0.39 is 23.4 Å². The number of methoxy groups -OCH3 is 1. The van der Waals surface area contributed by atoms with Gasteiger partial charge in [-0.05, 0) is 60.0 Å². The Kier molecular flexibility index (Phi) is 5.98. The lowest BCUT2D eigenvalue weighted by molar-refractivity contribution is -0.118. The summed E-state index contributed by atoms with van der Waals surface area (Å²) in [6, 6.07) is 17.7. The van der Waals surface area contributed by atoms with E-state index in [9.17, 15) is 18.8 Å². The predicted molar refractivity (Wildman–Crippen MR) is 117 cm³/mol. The summed E-state index contributed by atoms with van der Waals surface area (Å²) in [5.74, 6) is -1.86. The highest BCUT2D eigenvalue weighted by atomic mass is 19.1. The second-order valence-electron chi connectivity index (χ2n) is 7.53. The Balaban J connectivity index is 1.49. The SMILES string of the molecule is COc1ccc(CNC(=O)c2ccc3c(c2)C(=O)C(Cc2cccc(F)c2)C(=O)N3)cc1. The second kappa shape index (κ2) is 9.01. The molecular weight excluding hydrogens is 411 g/mol. The van der Waals surface area contributed by atoms with Crippen LogP contribution < -0.4 is 15.4 Å². The summed E-state index contributed by atoms with van der Waals surface area (Å²) < 4.78 is 18.6. The zero-order valence-corrected chi connectivity index (χ0v) is 17.4. The molecule has 0 fully saturated rings. The van der Waals surface area contributed by atoms with E-state index in [0.29, 0.717) is 23.4 Å². The first-order valence-corrected chi connectivity index (χ1v) is 10.1. The molecule has 4 rings (SSSR count). The van der Waals surface area contributed by atoms with Gasteiger partial charge >= 0.3 is 0 Å². The minimum absolute atomic E-state index is 0.0791. The van der Waals surface area contributed by atoms with Gasteiger partial charge in [0.1, 0.15) is 17.5 Å². The van der Waals surface area contributed by atoms with Crippen LogP contribution in [-0.4, -0.2) is 24.7 Å². The number of benzene rings is 3. The molecule has 0 aliphatic carbocycles. The molecule has 0 spiro atoms. The molecule has 3 aromatic rings. The number of amides is 2. The van der Waals surface area contributed by atoms with E-state index in [-0.39, 0.29) is 17.9 Å². The molecule has 1 unspecified atom stereocenters. The Labute approximate surface area is 184 Å². The van der Waals surface area contributed by atoms with Crippen molar-refractivity contribution in [3.05, 3.63) is 94.8 Å². The maximum Gasteiger partial charge on any atom is 0.251 e. The van der Waals surface area contributed by atoms with E-state index in [2.05, 4.69) is 10.6 Å². The molecule has 32 heavy (non-hydrogen) atoms. The molecule has 0 radical (unpaired) electrons. The van der Waals surface area contributed by atoms with Crippen LogP contribution in [0.2, 0.25) is 0 Å². The van der Waals surface area contributed by atoms with Crippen LogP contribution in [0.15, 0.2) is 66.7 Å². The summed E-state index contributed by atoms with van der Waals surface area (Å²) in [6.45, 7) is 0.312. The first kappa shape index (κ1) is 21.2. The van der Waals surface area contributed by atoms with Gasteiger partial charge in [-0.3, -0.25) is 14.4 Å². The molecular formula is C25H21FN2O4. The molecule has 0 saturated carbocycles. The fourth-order valence-corrected chi connectivity index (χ4v) is 3.64. The van der Waals surface area contributed by atoms with Crippen LogP contribution >= 0.6 is 0 Å². The normalized spacial score (nSPS) is 15.0. The van der Waals surface area contributed by atoms with E-state index >= 15 is 0 Å². The van der Waals surface area contributed by atoms with Crippen LogP contribution in [0, 0.1) is 11.7 Å². The zero-order chi connectivity index (χ0) is 22.7. The van der Waals surface area contributed by atoms with Crippen molar-refractivity contribution in [2.45, 2.75) is 13.0 Å². The lowest BCUT2D eigenvalue weighted by Gasteiger charge is -2.24. The highest BCUT2D eigenvalue weighted by Crippen LogP contribution is 2.29. The molecule has 2 amide bonds. The molecule has 2 N–H and O–H groups in total. The number of fused-ring (bicyclic) bond motifs is 1. The Bertz CT molecular complexity index is 1190. The number of anilines is 1. The van der Waals surface area contributed by atoms with Crippen LogP contribution in [0.25, 0.3) is 0 Å². The van der Waals surface area contributed by atoms with Crippen molar-refractivity contribution >= 4 is 23.3 Å². The molecule has 0 bridgehead atoms. The summed E-state index contributed by atoms with van der Waals surface area (Å²) in [4.78, 5) is 38.1. The summed E-state index contributed by atoms with van der Waals surface area (Å²) >= 11 is 0. The molecule has 0 saturated heterocycles. The number of carbonyl (C=O) groups excluding carboxylic acids is 3. The van der Waals surface area contributed by atoms with Gasteiger partial charge in [-0.1, -0.05) is 24.3 Å². The number of halogens is 1. The number of ketones is 1. The molecule has 1 aliphatic rings. The average Bonchev–Trinajstić information content (AvgIpc) is 2.80. The molecule has 1 aliphatic heterocycles. The first-order chi connectivity index (χ1) is 15.4. The van der Waals surface area contributed by atoms with Crippen molar-refractivity contribution in [2.75, 3.05) is 12.4 Å². The van der Waals surface area contributed by atoms with Crippen molar-refractivity contribution in [3.63, 3.8) is 0 Å². The number of ether oxygens (including phenoxy) is 1. The van der Waals surface area contributed by atoms with Gasteiger partial charge in [-0.25, -0.2) is 4.39 Å². The van der Waals surface area contributed by atoms with Crippen molar-refractivity contribution in [2.24, 2.45) is 5.92 Å². The van der Waals surface area contributed by atoms with Crippen LogP contribution in [0.1, 0.15) is 31.8 Å². The Morgan fingerprint density at radius 3 is 2.53 bits per heavy atom. The molecule has 0 aromatic heterocycles. The van der Waals surface area contributed by atoms with E-state index in [0.717, 1.165) is 11.3 Å². The Morgan fingerprint density at radius 2 is 1.81 bits per heavy atom. The van der Waals surface area contributed by atoms with E-state index in [1.54, 1.807) is 37.4 Å². The maximum atomic E-state index is 13.5. The van der Waals surface area contributed by atoms with Gasteiger partial charge in [0, 0.05) is 17.7 Å². The van der Waals surface area contributed by atoms with Gasteiger partial charge in [-0.2, -0.15) is 0 Å². The summed E-state index contributed by atoms with van der Waals surface area (Å²) in [5, 5.41) is 5.53. The third kappa shape index (κ3) is 4.51. The van der Waals surface area contributed by atoms with Crippen molar-refractivity contribution in [1.82, 2.24) is 5.32 Å². The minimum Gasteiger partial charge on any atom is -0.497 e. The maximum absolute atomic E-state index is 13.5. The highest BCUT2D eigenvalue weighted by molar-refractivity contribution is 6.21. The van der Waals surface area contributed by atoms with Gasteiger partial charge in [0.05, 0.1) is 12.8 Å². The Morgan fingerprint density at radius 1 is 1.03 bits per heavy atom. The zero-order valence-electron chi connectivity index (χ0n) is 17.4. The van der Waals surface area contributed by atoms with Gasteiger partial charge < -0.3 is 15.4 Å².